The Labute approximate surface area is 162 Å². The van der Waals surface area contributed by atoms with E-state index in [1.165, 1.54) is 34.6 Å². The first-order chi connectivity index (χ1) is 13.0. The van der Waals surface area contributed by atoms with Gasteiger partial charge in [-0.1, -0.05) is 6.42 Å². The summed E-state index contributed by atoms with van der Waals surface area (Å²) in [4.78, 5) is 12.7. The number of sulfonamides is 1. The van der Waals surface area contributed by atoms with Gasteiger partial charge in [-0.05, 0) is 48.6 Å². The minimum absolute atomic E-state index is 0.0614. The van der Waals surface area contributed by atoms with Crippen LogP contribution in [-0.4, -0.2) is 44.9 Å². The Morgan fingerprint density at radius 2 is 1.85 bits per heavy atom. The molecule has 146 valence electrons. The lowest BCUT2D eigenvalue weighted by atomic mass is 10.2. The first kappa shape index (κ1) is 19.8. The molecule has 1 amide bonds. The quantitative estimate of drug-likeness (QED) is 0.710. The summed E-state index contributed by atoms with van der Waals surface area (Å²) in [7, 11) is -3.66. The van der Waals surface area contributed by atoms with E-state index in [1.54, 1.807) is 5.38 Å². The van der Waals surface area contributed by atoms with E-state index in [4.69, 9.17) is 4.74 Å². The first-order valence-electron chi connectivity index (χ1n) is 8.73. The maximum atomic E-state index is 12.8. The molecule has 2 heterocycles. The Kier molecular flexibility index (Phi) is 6.46. The zero-order valence-corrected chi connectivity index (χ0v) is 16.3. The van der Waals surface area contributed by atoms with Crippen molar-refractivity contribution in [3.63, 3.8) is 0 Å². The number of hydrogen-bond acceptors (Lipinski definition) is 5. The van der Waals surface area contributed by atoms with Gasteiger partial charge in [-0.3, -0.25) is 4.79 Å². The van der Waals surface area contributed by atoms with Crippen molar-refractivity contribution >= 4 is 27.3 Å². The largest absolute Gasteiger partial charge is 0.492 e. The summed E-state index contributed by atoms with van der Waals surface area (Å²) in [6.07, 6.45) is 2.70. The second kappa shape index (κ2) is 8.81. The molecule has 2 aromatic rings. The number of carbonyl (C=O) groups excluding carboxylic acids is 1. The first-order valence-corrected chi connectivity index (χ1v) is 11.0. The average Bonchev–Trinajstić information content (AvgIpc) is 3.18. The Morgan fingerprint density at radius 1 is 1.15 bits per heavy atom. The van der Waals surface area contributed by atoms with Gasteiger partial charge in [-0.25, -0.2) is 12.8 Å². The van der Waals surface area contributed by atoms with Crippen LogP contribution in [0.25, 0.3) is 0 Å². The van der Waals surface area contributed by atoms with Crippen LogP contribution in [0.2, 0.25) is 0 Å². The van der Waals surface area contributed by atoms with Crippen molar-refractivity contribution in [3.05, 3.63) is 46.4 Å². The molecule has 27 heavy (non-hydrogen) atoms. The van der Waals surface area contributed by atoms with Gasteiger partial charge in [0, 0.05) is 13.1 Å². The third-order valence-corrected chi connectivity index (χ3v) is 7.22. The number of nitrogens with one attached hydrogen (secondary N) is 1. The highest BCUT2D eigenvalue weighted by Gasteiger charge is 2.30. The second-order valence-electron chi connectivity index (χ2n) is 6.14. The molecule has 3 rings (SSSR count). The highest BCUT2D eigenvalue weighted by atomic mass is 32.2. The van der Waals surface area contributed by atoms with Gasteiger partial charge in [0.2, 0.25) is 10.0 Å². The summed E-state index contributed by atoms with van der Waals surface area (Å²) >= 11 is 1.10. The van der Waals surface area contributed by atoms with E-state index in [2.05, 4.69) is 5.32 Å². The monoisotopic (exact) mass is 412 g/mol. The number of benzene rings is 1. The molecule has 1 N–H and O–H groups in total. The number of piperidine rings is 1. The third-order valence-electron chi connectivity index (χ3n) is 4.24. The maximum Gasteiger partial charge on any atom is 0.262 e. The van der Waals surface area contributed by atoms with Crippen LogP contribution in [0.15, 0.2) is 40.6 Å². The highest BCUT2D eigenvalue weighted by Crippen LogP contribution is 2.27. The Morgan fingerprint density at radius 3 is 2.56 bits per heavy atom. The molecule has 9 heteroatoms. The van der Waals surface area contributed by atoms with Crippen molar-refractivity contribution in [1.29, 1.82) is 0 Å². The van der Waals surface area contributed by atoms with Crippen molar-refractivity contribution in [3.8, 4) is 5.75 Å². The molecule has 0 radical (unpaired) electrons. The maximum absolute atomic E-state index is 12.8. The average molecular weight is 413 g/mol. The van der Waals surface area contributed by atoms with Crippen LogP contribution in [0, 0.1) is 5.82 Å². The lowest BCUT2D eigenvalue weighted by molar-refractivity contribution is 0.0948. The molecule has 0 bridgehead atoms. The highest BCUT2D eigenvalue weighted by molar-refractivity contribution is 7.89. The topological polar surface area (TPSA) is 75.7 Å². The Hall–Kier alpha value is -1.97. The van der Waals surface area contributed by atoms with Crippen LogP contribution in [0.3, 0.4) is 0 Å². The number of ether oxygens (including phenoxy) is 1. The molecule has 1 aliphatic rings. The fourth-order valence-corrected chi connectivity index (χ4v) is 5.69. The lowest BCUT2D eigenvalue weighted by Crippen LogP contribution is -2.36. The van der Waals surface area contributed by atoms with Gasteiger partial charge in [0.25, 0.3) is 5.91 Å². The SMILES string of the molecule is O=C(NCCOc1ccc(F)cc1)c1sccc1S(=O)(=O)N1CCCCC1. The van der Waals surface area contributed by atoms with Crippen molar-refractivity contribution in [2.24, 2.45) is 0 Å². The summed E-state index contributed by atoms with van der Waals surface area (Å²) in [6, 6.07) is 7.06. The van der Waals surface area contributed by atoms with Gasteiger partial charge in [0.05, 0.1) is 6.54 Å². The number of carbonyl (C=O) groups is 1. The van der Waals surface area contributed by atoms with Crippen LogP contribution in [0.5, 0.6) is 5.75 Å². The molecule has 0 atom stereocenters. The van der Waals surface area contributed by atoms with Gasteiger partial charge in [-0.2, -0.15) is 4.31 Å². The van der Waals surface area contributed by atoms with E-state index in [-0.39, 0.29) is 28.7 Å². The van der Waals surface area contributed by atoms with Crippen LogP contribution in [0.1, 0.15) is 28.9 Å². The number of hydrogen-bond donors (Lipinski definition) is 1. The summed E-state index contributed by atoms with van der Waals surface area (Å²) in [6.45, 7) is 1.38. The third kappa shape index (κ3) is 4.85. The normalized spacial score (nSPS) is 15.4. The molecule has 0 spiro atoms. The van der Waals surface area contributed by atoms with Crippen LogP contribution < -0.4 is 10.1 Å². The molecule has 1 aromatic carbocycles. The zero-order valence-electron chi connectivity index (χ0n) is 14.7. The molecule has 1 saturated heterocycles. The number of amides is 1. The fraction of sp³-hybridized carbons (Fsp3) is 0.389. The van der Waals surface area contributed by atoms with Gasteiger partial charge in [0.1, 0.15) is 27.9 Å². The summed E-state index contributed by atoms with van der Waals surface area (Å²) in [5.74, 6) is -0.297. The van der Waals surface area contributed by atoms with Crippen LogP contribution >= 0.6 is 11.3 Å². The van der Waals surface area contributed by atoms with Crippen molar-refractivity contribution in [1.82, 2.24) is 9.62 Å². The molecule has 0 aliphatic carbocycles. The van der Waals surface area contributed by atoms with E-state index in [1.807, 2.05) is 0 Å². The fourth-order valence-electron chi connectivity index (χ4n) is 2.86. The smallest absolute Gasteiger partial charge is 0.262 e. The van der Waals surface area contributed by atoms with Crippen molar-refractivity contribution < 1.29 is 22.3 Å². The summed E-state index contributed by atoms with van der Waals surface area (Å²) in [5, 5.41) is 4.28. The standard InChI is InChI=1S/C18H21FN2O4S2/c19-14-4-6-15(7-5-14)25-12-9-20-18(22)17-16(8-13-26-17)27(23,24)21-10-2-1-3-11-21/h4-8,13H,1-3,9-12H2,(H,20,22). The molecule has 6 nitrogen and oxygen atoms in total. The summed E-state index contributed by atoms with van der Waals surface area (Å²) in [5.41, 5.74) is 0. The zero-order chi connectivity index (χ0) is 19.3. The molecular formula is C18H21FN2O4S2. The molecule has 0 saturated carbocycles. The van der Waals surface area contributed by atoms with E-state index in [0.29, 0.717) is 18.8 Å². The number of nitrogens with zero attached hydrogens (tertiary/aromatic N) is 1. The van der Waals surface area contributed by atoms with E-state index < -0.39 is 15.9 Å². The van der Waals surface area contributed by atoms with Gasteiger partial charge in [-0.15, -0.1) is 11.3 Å². The second-order valence-corrected chi connectivity index (χ2v) is 8.96. The van der Waals surface area contributed by atoms with Crippen LogP contribution in [0.4, 0.5) is 4.39 Å². The van der Waals surface area contributed by atoms with Crippen LogP contribution in [-0.2, 0) is 10.0 Å². The van der Waals surface area contributed by atoms with Gasteiger partial charge in [0.15, 0.2) is 0 Å². The number of halogens is 1. The van der Waals surface area contributed by atoms with E-state index in [0.717, 1.165) is 30.6 Å². The van der Waals surface area contributed by atoms with Crippen molar-refractivity contribution in [2.75, 3.05) is 26.2 Å². The Bertz CT molecular complexity index is 875. The van der Waals surface area contributed by atoms with Gasteiger partial charge < -0.3 is 10.1 Å². The minimum Gasteiger partial charge on any atom is -0.492 e. The van der Waals surface area contributed by atoms with E-state index >= 15 is 0 Å². The summed E-state index contributed by atoms with van der Waals surface area (Å²) < 4.78 is 45.3. The molecule has 1 fully saturated rings. The predicted molar refractivity (Wildman–Crippen MR) is 101 cm³/mol. The Balaban J connectivity index is 1.57. The molecule has 1 aliphatic heterocycles. The molecule has 1 aromatic heterocycles. The van der Waals surface area contributed by atoms with E-state index in [9.17, 15) is 17.6 Å². The van der Waals surface area contributed by atoms with Gasteiger partial charge >= 0.3 is 0 Å². The predicted octanol–water partition coefficient (Wildman–Crippen LogP) is 2.87. The lowest BCUT2D eigenvalue weighted by Gasteiger charge is -2.25. The number of thiophene rings is 1. The van der Waals surface area contributed by atoms with Crippen molar-refractivity contribution in [2.45, 2.75) is 24.2 Å². The number of rotatable bonds is 7. The minimum atomic E-state index is -3.66. The molecular weight excluding hydrogens is 391 g/mol. The molecule has 0 unspecified atom stereocenters.